The van der Waals surface area contributed by atoms with Gasteiger partial charge in [-0.1, -0.05) is 13.8 Å². The van der Waals surface area contributed by atoms with Crippen molar-refractivity contribution in [1.29, 1.82) is 0 Å². The minimum atomic E-state index is 0.332. The molecule has 1 atom stereocenters. The van der Waals surface area contributed by atoms with Crippen molar-refractivity contribution in [2.24, 2.45) is 5.41 Å². The van der Waals surface area contributed by atoms with E-state index in [0.29, 0.717) is 11.5 Å². The van der Waals surface area contributed by atoms with Crippen LogP contribution in [0.2, 0.25) is 0 Å². The van der Waals surface area contributed by atoms with Crippen LogP contribution >= 0.6 is 0 Å². The van der Waals surface area contributed by atoms with E-state index < -0.39 is 0 Å². The minimum Gasteiger partial charge on any atom is -0.381 e. The number of hydrogen-bond acceptors (Lipinski definition) is 4. The molecule has 0 aromatic rings. The standard InChI is InChI=1S/C15H31N3O/c1-14(2)16-11-15(5-4-10-19-13-15)12-18-8-6-17(3)7-9-18/h14,16H,4-13H2,1-3H3. The Balaban J connectivity index is 1.89. The third-order valence-electron chi connectivity index (χ3n) is 4.44. The molecule has 1 unspecified atom stereocenters. The van der Waals surface area contributed by atoms with E-state index in [9.17, 15) is 0 Å². The Hall–Kier alpha value is -0.160. The Morgan fingerprint density at radius 3 is 2.53 bits per heavy atom. The van der Waals surface area contributed by atoms with Crippen LogP contribution in [-0.2, 0) is 4.74 Å². The van der Waals surface area contributed by atoms with Gasteiger partial charge in [-0.2, -0.15) is 0 Å². The maximum Gasteiger partial charge on any atom is 0.0546 e. The average Bonchev–Trinajstić information content (AvgIpc) is 2.41. The van der Waals surface area contributed by atoms with Gasteiger partial charge in [0.05, 0.1) is 6.61 Å². The first kappa shape index (κ1) is 15.2. The molecule has 2 saturated heterocycles. The molecule has 0 aliphatic carbocycles. The Kier molecular flexibility index (Phi) is 5.63. The van der Waals surface area contributed by atoms with Gasteiger partial charge in [0.15, 0.2) is 0 Å². The van der Waals surface area contributed by atoms with Crippen LogP contribution in [0, 0.1) is 5.41 Å². The molecular weight excluding hydrogens is 238 g/mol. The van der Waals surface area contributed by atoms with Gasteiger partial charge in [-0.15, -0.1) is 0 Å². The van der Waals surface area contributed by atoms with Crippen molar-refractivity contribution in [3.63, 3.8) is 0 Å². The third-order valence-corrected chi connectivity index (χ3v) is 4.44. The minimum absolute atomic E-state index is 0.332. The fraction of sp³-hybridized carbons (Fsp3) is 1.00. The highest BCUT2D eigenvalue weighted by Crippen LogP contribution is 2.29. The molecule has 0 saturated carbocycles. The van der Waals surface area contributed by atoms with Crippen LogP contribution in [0.5, 0.6) is 0 Å². The van der Waals surface area contributed by atoms with Crippen LogP contribution in [0.1, 0.15) is 26.7 Å². The second-order valence-electron chi connectivity index (χ2n) is 6.77. The lowest BCUT2D eigenvalue weighted by Gasteiger charge is -2.43. The van der Waals surface area contributed by atoms with E-state index in [2.05, 4.69) is 36.0 Å². The summed E-state index contributed by atoms with van der Waals surface area (Å²) in [5.41, 5.74) is 0.332. The summed E-state index contributed by atoms with van der Waals surface area (Å²) < 4.78 is 5.80. The molecule has 1 N–H and O–H groups in total. The van der Waals surface area contributed by atoms with Crippen LogP contribution < -0.4 is 5.32 Å². The molecular formula is C15H31N3O. The van der Waals surface area contributed by atoms with E-state index in [-0.39, 0.29) is 0 Å². The average molecular weight is 269 g/mol. The molecule has 0 aromatic carbocycles. The normalized spacial score (nSPS) is 30.9. The van der Waals surface area contributed by atoms with Gasteiger partial charge < -0.3 is 19.9 Å². The highest BCUT2D eigenvalue weighted by Gasteiger charge is 2.35. The van der Waals surface area contributed by atoms with E-state index in [4.69, 9.17) is 4.74 Å². The zero-order valence-electron chi connectivity index (χ0n) is 13.0. The summed E-state index contributed by atoms with van der Waals surface area (Å²) in [6.07, 6.45) is 2.52. The summed E-state index contributed by atoms with van der Waals surface area (Å²) in [4.78, 5) is 5.06. The van der Waals surface area contributed by atoms with Gasteiger partial charge in [0, 0.05) is 57.3 Å². The van der Waals surface area contributed by atoms with Crippen LogP contribution in [-0.4, -0.2) is 75.4 Å². The van der Waals surface area contributed by atoms with Crippen molar-refractivity contribution in [3.05, 3.63) is 0 Å². The molecule has 4 nitrogen and oxygen atoms in total. The first-order chi connectivity index (χ1) is 9.10. The number of rotatable bonds is 5. The summed E-state index contributed by atoms with van der Waals surface area (Å²) in [6.45, 7) is 13.5. The Labute approximate surface area is 118 Å². The summed E-state index contributed by atoms with van der Waals surface area (Å²) in [5, 5.41) is 3.64. The van der Waals surface area contributed by atoms with E-state index in [1.165, 1.54) is 45.6 Å². The first-order valence-corrected chi connectivity index (χ1v) is 7.82. The van der Waals surface area contributed by atoms with E-state index in [0.717, 1.165) is 19.8 Å². The van der Waals surface area contributed by atoms with E-state index in [1.54, 1.807) is 0 Å². The monoisotopic (exact) mass is 269 g/mol. The van der Waals surface area contributed by atoms with Crippen molar-refractivity contribution in [3.8, 4) is 0 Å². The summed E-state index contributed by atoms with van der Waals surface area (Å²) in [7, 11) is 2.22. The van der Waals surface area contributed by atoms with Gasteiger partial charge in [0.2, 0.25) is 0 Å². The number of hydrogen-bond donors (Lipinski definition) is 1. The molecule has 2 rings (SSSR count). The van der Waals surface area contributed by atoms with Crippen LogP contribution in [0.4, 0.5) is 0 Å². The van der Waals surface area contributed by atoms with Gasteiger partial charge in [-0.05, 0) is 19.9 Å². The largest absolute Gasteiger partial charge is 0.381 e. The second-order valence-corrected chi connectivity index (χ2v) is 6.77. The van der Waals surface area contributed by atoms with Crippen molar-refractivity contribution >= 4 is 0 Å². The highest BCUT2D eigenvalue weighted by atomic mass is 16.5. The van der Waals surface area contributed by atoms with Crippen molar-refractivity contribution < 1.29 is 4.74 Å². The quantitative estimate of drug-likeness (QED) is 0.807. The first-order valence-electron chi connectivity index (χ1n) is 7.82. The topological polar surface area (TPSA) is 27.7 Å². The molecule has 2 aliphatic rings. The third kappa shape index (κ3) is 4.71. The smallest absolute Gasteiger partial charge is 0.0546 e. The molecule has 19 heavy (non-hydrogen) atoms. The fourth-order valence-corrected chi connectivity index (χ4v) is 3.13. The molecule has 2 aliphatic heterocycles. The van der Waals surface area contributed by atoms with Gasteiger partial charge in [-0.3, -0.25) is 0 Å². The zero-order chi connectivity index (χ0) is 13.7. The zero-order valence-corrected chi connectivity index (χ0v) is 13.0. The van der Waals surface area contributed by atoms with Gasteiger partial charge in [-0.25, -0.2) is 0 Å². The molecule has 0 radical (unpaired) electrons. The molecule has 0 bridgehead atoms. The van der Waals surface area contributed by atoms with Gasteiger partial charge in [0.25, 0.3) is 0 Å². The van der Waals surface area contributed by atoms with Crippen molar-refractivity contribution in [2.45, 2.75) is 32.7 Å². The SMILES string of the molecule is CC(C)NCC1(CN2CCN(C)CC2)CCCOC1. The summed E-state index contributed by atoms with van der Waals surface area (Å²) in [5.74, 6) is 0. The number of nitrogens with one attached hydrogen (secondary N) is 1. The number of piperazine rings is 1. The molecule has 2 fully saturated rings. The maximum absolute atomic E-state index is 5.80. The number of nitrogens with zero attached hydrogens (tertiary/aromatic N) is 2. The molecule has 0 amide bonds. The van der Waals surface area contributed by atoms with Crippen LogP contribution in [0.15, 0.2) is 0 Å². The van der Waals surface area contributed by atoms with E-state index >= 15 is 0 Å². The molecule has 0 spiro atoms. The molecule has 112 valence electrons. The Morgan fingerprint density at radius 1 is 1.21 bits per heavy atom. The van der Waals surface area contributed by atoms with Crippen molar-refractivity contribution in [2.75, 3.05) is 59.5 Å². The lowest BCUT2D eigenvalue weighted by molar-refractivity contribution is -0.0325. The lowest BCUT2D eigenvalue weighted by atomic mass is 9.81. The predicted octanol–water partition coefficient (Wildman–Crippen LogP) is 1.03. The molecule has 4 heteroatoms. The fourth-order valence-electron chi connectivity index (χ4n) is 3.13. The summed E-state index contributed by atoms with van der Waals surface area (Å²) >= 11 is 0. The second kappa shape index (κ2) is 7.02. The highest BCUT2D eigenvalue weighted by molar-refractivity contribution is 4.89. The van der Waals surface area contributed by atoms with Gasteiger partial charge >= 0.3 is 0 Å². The Bertz CT molecular complexity index is 256. The molecule has 2 heterocycles. The van der Waals surface area contributed by atoms with Crippen LogP contribution in [0.25, 0.3) is 0 Å². The van der Waals surface area contributed by atoms with E-state index in [1.807, 2.05) is 0 Å². The number of likely N-dealkylation sites (N-methyl/N-ethyl adjacent to an activating group) is 1. The number of ether oxygens (including phenoxy) is 1. The van der Waals surface area contributed by atoms with Crippen molar-refractivity contribution in [1.82, 2.24) is 15.1 Å². The summed E-state index contributed by atoms with van der Waals surface area (Å²) in [6, 6.07) is 0.561. The Morgan fingerprint density at radius 2 is 1.95 bits per heavy atom. The maximum atomic E-state index is 5.80. The predicted molar refractivity (Wildman–Crippen MR) is 79.6 cm³/mol. The van der Waals surface area contributed by atoms with Crippen LogP contribution in [0.3, 0.4) is 0 Å². The molecule has 0 aromatic heterocycles. The lowest BCUT2D eigenvalue weighted by Crippen LogP contribution is -2.54. The van der Waals surface area contributed by atoms with Gasteiger partial charge in [0.1, 0.15) is 0 Å².